The lowest BCUT2D eigenvalue weighted by Crippen LogP contribution is -2.05. The molecule has 0 radical (unpaired) electrons. The maximum Gasteiger partial charge on any atom is 0.0580 e. The van der Waals surface area contributed by atoms with Crippen molar-refractivity contribution in [1.82, 2.24) is 5.43 Å². The molecule has 4 rings (SSSR count). The Hall–Kier alpha value is -2.87. The maximum atomic E-state index is 4.34. The predicted octanol–water partition coefficient (Wildman–Crippen LogP) is 4.38. The third-order valence-electron chi connectivity index (χ3n) is 4.25. The Bertz CT molecular complexity index is 851. The average molecular weight is 298 g/mol. The average Bonchev–Trinajstić information content (AvgIpc) is 2.97. The second-order valence-electron chi connectivity index (χ2n) is 5.83. The first kappa shape index (κ1) is 13.8. The molecule has 0 amide bonds. The highest BCUT2D eigenvalue weighted by molar-refractivity contribution is 5.84. The second-order valence-corrected chi connectivity index (χ2v) is 5.83. The zero-order chi connectivity index (χ0) is 15.5. The van der Waals surface area contributed by atoms with E-state index in [9.17, 15) is 0 Å². The fourth-order valence-corrected chi connectivity index (χ4v) is 3.10. The van der Waals surface area contributed by atoms with Crippen molar-refractivity contribution in [2.75, 3.05) is 0 Å². The van der Waals surface area contributed by atoms with Gasteiger partial charge in [0, 0.05) is 0 Å². The van der Waals surface area contributed by atoms with Gasteiger partial charge in [-0.3, -0.25) is 0 Å². The summed E-state index contributed by atoms with van der Waals surface area (Å²) < 4.78 is 0. The predicted molar refractivity (Wildman–Crippen MR) is 95.6 cm³/mol. The minimum atomic E-state index is 0.744. The Kier molecular flexibility index (Phi) is 3.65. The summed E-state index contributed by atoms with van der Waals surface area (Å²) in [5, 5.41) is 4.34. The largest absolute Gasteiger partial charge is 0.306 e. The van der Waals surface area contributed by atoms with Crippen molar-refractivity contribution in [1.29, 1.82) is 0 Å². The van der Waals surface area contributed by atoms with Gasteiger partial charge in [-0.05, 0) is 45.9 Å². The first-order valence-electron chi connectivity index (χ1n) is 7.91. The number of nitrogens with zero attached hydrogens (tertiary/aromatic N) is 1. The summed E-state index contributed by atoms with van der Waals surface area (Å²) in [6.45, 7) is 0.744. The van der Waals surface area contributed by atoms with Crippen LogP contribution in [0.1, 0.15) is 22.3 Å². The molecule has 0 unspecified atom stereocenters. The number of fused-ring (bicyclic) bond motifs is 3. The van der Waals surface area contributed by atoms with E-state index >= 15 is 0 Å². The molecule has 0 heterocycles. The van der Waals surface area contributed by atoms with Crippen LogP contribution >= 0.6 is 0 Å². The normalized spacial score (nSPS) is 12.2. The molecular weight excluding hydrogens is 280 g/mol. The number of nitrogens with one attached hydrogen (secondary N) is 1. The van der Waals surface area contributed by atoms with Crippen LogP contribution in [0.15, 0.2) is 77.9 Å². The molecule has 2 heteroatoms. The molecule has 0 aromatic heterocycles. The number of hydrazone groups is 1. The molecule has 3 aromatic carbocycles. The Morgan fingerprint density at radius 2 is 1.61 bits per heavy atom. The van der Waals surface area contributed by atoms with Crippen molar-refractivity contribution in [3.05, 3.63) is 95.1 Å². The lowest BCUT2D eigenvalue weighted by atomic mass is 10.0. The van der Waals surface area contributed by atoms with E-state index in [1.165, 1.54) is 27.8 Å². The van der Waals surface area contributed by atoms with Gasteiger partial charge in [0.2, 0.25) is 0 Å². The van der Waals surface area contributed by atoms with Crippen molar-refractivity contribution >= 4 is 6.21 Å². The molecule has 1 aliphatic carbocycles. The summed E-state index contributed by atoms with van der Waals surface area (Å²) in [5.74, 6) is 0. The molecule has 1 N–H and O–H groups in total. The van der Waals surface area contributed by atoms with Gasteiger partial charge in [0.25, 0.3) is 0 Å². The van der Waals surface area contributed by atoms with Crippen LogP contribution in [0.25, 0.3) is 11.1 Å². The molecular formula is C21H18N2. The van der Waals surface area contributed by atoms with E-state index in [0.717, 1.165) is 18.5 Å². The van der Waals surface area contributed by atoms with Crippen LogP contribution in [0.2, 0.25) is 0 Å². The molecule has 2 nitrogen and oxygen atoms in total. The summed E-state index contributed by atoms with van der Waals surface area (Å²) in [6.07, 6.45) is 2.91. The molecule has 0 saturated heterocycles. The Labute approximate surface area is 136 Å². The van der Waals surface area contributed by atoms with Crippen LogP contribution in [-0.2, 0) is 13.0 Å². The molecule has 23 heavy (non-hydrogen) atoms. The highest BCUT2D eigenvalue weighted by atomic mass is 15.3. The minimum absolute atomic E-state index is 0.744. The van der Waals surface area contributed by atoms with Crippen LogP contribution in [-0.4, -0.2) is 6.21 Å². The Balaban J connectivity index is 1.45. The topological polar surface area (TPSA) is 24.4 Å². The molecule has 1 aliphatic rings. The third kappa shape index (κ3) is 2.88. The van der Waals surface area contributed by atoms with Crippen LogP contribution in [0.5, 0.6) is 0 Å². The quantitative estimate of drug-likeness (QED) is 0.439. The monoisotopic (exact) mass is 298 g/mol. The van der Waals surface area contributed by atoms with E-state index in [2.05, 4.69) is 65.1 Å². The first-order valence-corrected chi connectivity index (χ1v) is 7.91. The Morgan fingerprint density at radius 3 is 2.52 bits per heavy atom. The van der Waals surface area contributed by atoms with E-state index in [4.69, 9.17) is 0 Å². The molecule has 0 aliphatic heterocycles. The molecule has 112 valence electrons. The van der Waals surface area contributed by atoms with Crippen molar-refractivity contribution in [3.63, 3.8) is 0 Å². The highest BCUT2D eigenvalue weighted by Crippen LogP contribution is 2.36. The molecule has 0 bridgehead atoms. The number of rotatable bonds is 4. The summed E-state index contributed by atoms with van der Waals surface area (Å²) in [7, 11) is 0. The fourth-order valence-electron chi connectivity index (χ4n) is 3.10. The lowest BCUT2D eigenvalue weighted by molar-refractivity contribution is 0.748. The van der Waals surface area contributed by atoms with Crippen molar-refractivity contribution in [2.24, 2.45) is 5.10 Å². The van der Waals surface area contributed by atoms with E-state index in [0.29, 0.717) is 0 Å². The van der Waals surface area contributed by atoms with Gasteiger partial charge in [0.05, 0.1) is 12.8 Å². The number of hydrogen-bond acceptors (Lipinski definition) is 2. The van der Waals surface area contributed by atoms with E-state index in [-0.39, 0.29) is 0 Å². The van der Waals surface area contributed by atoms with Gasteiger partial charge in [-0.25, -0.2) is 0 Å². The van der Waals surface area contributed by atoms with Crippen molar-refractivity contribution in [3.8, 4) is 11.1 Å². The van der Waals surface area contributed by atoms with Crippen molar-refractivity contribution < 1.29 is 0 Å². The van der Waals surface area contributed by atoms with Gasteiger partial charge in [0.1, 0.15) is 0 Å². The SMILES string of the molecule is C(=N\NCc1ccccc1)/c1ccc2c(c1)Cc1ccccc1-2. The minimum Gasteiger partial charge on any atom is -0.306 e. The molecule has 0 saturated carbocycles. The first-order chi connectivity index (χ1) is 11.4. The smallest absolute Gasteiger partial charge is 0.0580 e. The number of hydrogen-bond donors (Lipinski definition) is 1. The van der Waals surface area contributed by atoms with Crippen molar-refractivity contribution in [2.45, 2.75) is 13.0 Å². The Morgan fingerprint density at radius 1 is 0.826 bits per heavy atom. The van der Waals surface area contributed by atoms with Gasteiger partial charge >= 0.3 is 0 Å². The van der Waals surface area contributed by atoms with Crippen LogP contribution in [0.4, 0.5) is 0 Å². The summed E-state index contributed by atoms with van der Waals surface area (Å²) in [6, 6.07) is 25.5. The van der Waals surface area contributed by atoms with E-state index < -0.39 is 0 Å². The van der Waals surface area contributed by atoms with Gasteiger partial charge in [0.15, 0.2) is 0 Å². The lowest BCUT2D eigenvalue weighted by Gasteiger charge is -2.02. The van der Waals surface area contributed by atoms with Gasteiger partial charge in [-0.15, -0.1) is 0 Å². The number of benzene rings is 3. The summed E-state index contributed by atoms with van der Waals surface area (Å²) in [4.78, 5) is 0. The van der Waals surface area contributed by atoms with Crippen LogP contribution < -0.4 is 5.43 Å². The molecule has 0 spiro atoms. The second kappa shape index (κ2) is 6.09. The van der Waals surface area contributed by atoms with Gasteiger partial charge < -0.3 is 5.43 Å². The highest BCUT2D eigenvalue weighted by Gasteiger charge is 2.17. The molecule has 0 fully saturated rings. The van der Waals surface area contributed by atoms with Gasteiger partial charge in [-0.2, -0.15) is 5.10 Å². The maximum absolute atomic E-state index is 4.34. The zero-order valence-electron chi connectivity index (χ0n) is 12.9. The fraction of sp³-hybridized carbons (Fsp3) is 0.0952. The summed E-state index contributed by atoms with van der Waals surface area (Å²) in [5.41, 5.74) is 11.0. The van der Waals surface area contributed by atoms with E-state index in [1.807, 2.05) is 24.4 Å². The standard InChI is InChI=1S/C21H18N2/c1-2-6-16(7-3-1)14-22-23-15-17-10-11-21-19(12-17)13-18-8-4-5-9-20(18)21/h1-12,15,22H,13-14H2/b23-15+. The van der Waals surface area contributed by atoms with E-state index in [1.54, 1.807) is 0 Å². The van der Waals surface area contributed by atoms with Crippen LogP contribution in [0, 0.1) is 0 Å². The summed E-state index contributed by atoms with van der Waals surface area (Å²) >= 11 is 0. The third-order valence-corrected chi connectivity index (χ3v) is 4.25. The molecule has 3 aromatic rings. The van der Waals surface area contributed by atoms with Crippen LogP contribution in [0.3, 0.4) is 0 Å². The zero-order valence-corrected chi connectivity index (χ0v) is 12.9. The molecule has 0 atom stereocenters. The van der Waals surface area contributed by atoms with Gasteiger partial charge in [-0.1, -0.05) is 66.7 Å².